The van der Waals surface area contributed by atoms with Gasteiger partial charge in [0.05, 0.1) is 0 Å². The van der Waals surface area contributed by atoms with Gasteiger partial charge in [-0.05, 0) is 38.5 Å². The van der Waals surface area contributed by atoms with E-state index in [9.17, 15) is 4.79 Å². The fraction of sp³-hybridized carbons (Fsp3) is 0.368. The molecule has 0 saturated carbocycles. The van der Waals surface area contributed by atoms with Gasteiger partial charge in [-0.3, -0.25) is 4.98 Å². The average molecular weight is 311 g/mol. The molecule has 122 valence electrons. The van der Waals surface area contributed by atoms with E-state index in [2.05, 4.69) is 41.5 Å². The Kier molecular flexibility index (Phi) is 6.15. The molecule has 2 rings (SSSR count). The lowest BCUT2D eigenvalue weighted by atomic mass is 9.94. The minimum atomic E-state index is -0.0250. The monoisotopic (exact) mass is 311 g/mol. The molecule has 0 fully saturated rings. The molecule has 0 spiro atoms. The molecule has 2 amide bonds. The SMILES string of the molecule is CCN(CC)C(=O)NCC(c1ccc(C)cc1)c1ccccn1. The fourth-order valence-electron chi connectivity index (χ4n) is 2.59. The second kappa shape index (κ2) is 8.32. The first-order valence-electron chi connectivity index (χ1n) is 8.16. The van der Waals surface area contributed by atoms with Crippen LogP contribution in [0.1, 0.15) is 36.6 Å². The fourth-order valence-corrected chi connectivity index (χ4v) is 2.59. The second-order valence-electron chi connectivity index (χ2n) is 5.58. The van der Waals surface area contributed by atoms with E-state index in [0.717, 1.165) is 11.3 Å². The summed E-state index contributed by atoms with van der Waals surface area (Å²) in [5.74, 6) is 0.0521. The summed E-state index contributed by atoms with van der Waals surface area (Å²) < 4.78 is 0. The van der Waals surface area contributed by atoms with E-state index >= 15 is 0 Å². The molecule has 23 heavy (non-hydrogen) atoms. The molecular formula is C19H25N3O. The van der Waals surface area contributed by atoms with Crippen LogP contribution >= 0.6 is 0 Å². The van der Waals surface area contributed by atoms with Crippen LogP contribution in [-0.4, -0.2) is 35.5 Å². The molecule has 1 aromatic heterocycles. The van der Waals surface area contributed by atoms with Crippen molar-refractivity contribution in [1.29, 1.82) is 0 Å². The summed E-state index contributed by atoms with van der Waals surface area (Å²) in [6.07, 6.45) is 1.79. The van der Waals surface area contributed by atoms with Gasteiger partial charge in [0, 0.05) is 37.4 Å². The summed E-state index contributed by atoms with van der Waals surface area (Å²) >= 11 is 0. The number of urea groups is 1. The summed E-state index contributed by atoms with van der Waals surface area (Å²) in [7, 11) is 0. The number of aryl methyl sites for hydroxylation is 1. The minimum absolute atomic E-state index is 0.0250. The molecule has 1 aromatic carbocycles. The maximum atomic E-state index is 12.2. The van der Waals surface area contributed by atoms with Gasteiger partial charge in [0.1, 0.15) is 0 Å². The normalized spacial score (nSPS) is 11.8. The molecule has 1 unspecified atom stereocenters. The molecule has 0 aliphatic heterocycles. The first kappa shape index (κ1) is 17.0. The highest BCUT2D eigenvalue weighted by atomic mass is 16.2. The molecule has 1 N–H and O–H groups in total. The van der Waals surface area contributed by atoms with Gasteiger partial charge in [-0.25, -0.2) is 4.79 Å². The highest BCUT2D eigenvalue weighted by molar-refractivity contribution is 5.74. The van der Waals surface area contributed by atoms with E-state index in [0.29, 0.717) is 19.6 Å². The highest BCUT2D eigenvalue weighted by Gasteiger charge is 2.18. The maximum absolute atomic E-state index is 12.2. The van der Waals surface area contributed by atoms with E-state index in [1.54, 1.807) is 11.1 Å². The summed E-state index contributed by atoms with van der Waals surface area (Å²) in [6, 6.07) is 14.3. The molecule has 4 nitrogen and oxygen atoms in total. The molecule has 2 aromatic rings. The summed E-state index contributed by atoms with van der Waals surface area (Å²) in [5.41, 5.74) is 3.35. The Morgan fingerprint density at radius 2 is 1.83 bits per heavy atom. The Morgan fingerprint density at radius 3 is 2.39 bits per heavy atom. The topological polar surface area (TPSA) is 45.2 Å². The molecule has 1 atom stereocenters. The van der Waals surface area contributed by atoms with Crippen LogP contribution in [0.4, 0.5) is 4.79 Å². The number of nitrogens with one attached hydrogen (secondary N) is 1. The van der Waals surface area contributed by atoms with Crippen LogP contribution in [0, 0.1) is 6.92 Å². The predicted molar refractivity (Wildman–Crippen MR) is 93.6 cm³/mol. The summed E-state index contributed by atoms with van der Waals surface area (Å²) in [6.45, 7) is 8.00. The zero-order valence-electron chi connectivity index (χ0n) is 14.1. The van der Waals surface area contributed by atoms with Gasteiger partial charge in [0.2, 0.25) is 0 Å². The predicted octanol–water partition coefficient (Wildman–Crippen LogP) is 3.57. The Hall–Kier alpha value is -2.36. The van der Waals surface area contributed by atoms with Gasteiger partial charge < -0.3 is 10.2 Å². The molecule has 1 heterocycles. The van der Waals surface area contributed by atoms with Crippen LogP contribution in [0.25, 0.3) is 0 Å². The number of hydrogen-bond donors (Lipinski definition) is 1. The van der Waals surface area contributed by atoms with Crippen molar-refractivity contribution < 1.29 is 4.79 Å². The van der Waals surface area contributed by atoms with Crippen molar-refractivity contribution in [2.24, 2.45) is 0 Å². The van der Waals surface area contributed by atoms with Gasteiger partial charge in [0.15, 0.2) is 0 Å². The van der Waals surface area contributed by atoms with E-state index in [1.807, 2.05) is 32.0 Å². The lowest BCUT2D eigenvalue weighted by Gasteiger charge is -2.22. The number of pyridine rings is 1. The van der Waals surface area contributed by atoms with Crippen LogP contribution in [0.15, 0.2) is 48.7 Å². The van der Waals surface area contributed by atoms with Crippen LogP contribution in [0.3, 0.4) is 0 Å². The quantitative estimate of drug-likeness (QED) is 0.886. The number of nitrogens with zero attached hydrogens (tertiary/aromatic N) is 2. The highest BCUT2D eigenvalue weighted by Crippen LogP contribution is 2.22. The molecule has 0 radical (unpaired) electrons. The number of hydrogen-bond acceptors (Lipinski definition) is 2. The van der Waals surface area contributed by atoms with Crippen LogP contribution < -0.4 is 5.32 Å². The number of rotatable bonds is 6. The van der Waals surface area contributed by atoms with Gasteiger partial charge in [-0.2, -0.15) is 0 Å². The molecule has 0 bridgehead atoms. The maximum Gasteiger partial charge on any atom is 0.317 e. The number of benzene rings is 1. The van der Waals surface area contributed by atoms with Crippen molar-refractivity contribution in [1.82, 2.24) is 15.2 Å². The smallest absolute Gasteiger partial charge is 0.317 e. The summed E-state index contributed by atoms with van der Waals surface area (Å²) in [4.78, 5) is 18.5. The van der Waals surface area contributed by atoms with Crippen LogP contribution in [0.2, 0.25) is 0 Å². The Balaban J connectivity index is 2.18. The van der Waals surface area contributed by atoms with Crippen molar-refractivity contribution in [3.05, 3.63) is 65.5 Å². The number of carbonyl (C=O) groups is 1. The molecule has 4 heteroatoms. The van der Waals surface area contributed by atoms with Gasteiger partial charge in [0.25, 0.3) is 0 Å². The molecule has 0 aliphatic carbocycles. The largest absolute Gasteiger partial charge is 0.337 e. The first-order chi connectivity index (χ1) is 11.2. The standard InChI is InChI=1S/C19H25N3O/c1-4-22(5-2)19(23)21-14-17(18-8-6-7-13-20-18)16-11-9-15(3)10-12-16/h6-13,17H,4-5,14H2,1-3H3,(H,21,23). The molecular weight excluding hydrogens is 286 g/mol. The number of carbonyl (C=O) groups excluding carboxylic acids is 1. The first-order valence-corrected chi connectivity index (χ1v) is 8.16. The summed E-state index contributed by atoms with van der Waals surface area (Å²) in [5, 5.41) is 3.04. The van der Waals surface area contributed by atoms with Crippen molar-refractivity contribution in [2.45, 2.75) is 26.7 Å². The van der Waals surface area contributed by atoms with Crippen molar-refractivity contribution in [3.8, 4) is 0 Å². The Bertz CT molecular complexity index is 606. The average Bonchev–Trinajstić information content (AvgIpc) is 2.58. The lowest BCUT2D eigenvalue weighted by Crippen LogP contribution is -2.41. The van der Waals surface area contributed by atoms with Crippen molar-refractivity contribution >= 4 is 6.03 Å². The third kappa shape index (κ3) is 4.55. The Morgan fingerprint density at radius 1 is 1.13 bits per heavy atom. The minimum Gasteiger partial charge on any atom is -0.337 e. The number of amides is 2. The van der Waals surface area contributed by atoms with E-state index in [4.69, 9.17) is 0 Å². The van der Waals surface area contributed by atoms with Crippen LogP contribution in [0.5, 0.6) is 0 Å². The molecule has 0 saturated heterocycles. The molecule has 0 aliphatic rings. The zero-order chi connectivity index (χ0) is 16.7. The second-order valence-corrected chi connectivity index (χ2v) is 5.58. The van der Waals surface area contributed by atoms with Crippen molar-refractivity contribution in [2.75, 3.05) is 19.6 Å². The van der Waals surface area contributed by atoms with E-state index < -0.39 is 0 Å². The van der Waals surface area contributed by atoms with Gasteiger partial charge in [-0.1, -0.05) is 35.9 Å². The van der Waals surface area contributed by atoms with Gasteiger partial charge >= 0.3 is 6.03 Å². The lowest BCUT2D eigenvalue weighted by molar-refractivity contribution is 0.203. The van der Waals surface area contributed by atoms with E-state index in [-0.39, 0.29) is 11.9 Å². The van der Waals surface area contributed by atoms with Crippen LogP contribution in [-0.2, 0) is 0 Å². The van der Waals surface area contributed by atoms with E-state index in [1.165, 1.54) is 5.56 Å². The van der Waals surface area contributed by atoms with Crippen molar-refractivity contribution in [3.63, 3.8) is 0 Å². The number of aromatic nitrogens is 1. The van der Waals surface area contributed by atoms with Gasteiger partial charge in [-0.15, -0.1) is 0 Å². The third-order valence-corrected chi connectivity index (χ3v) is 4.03. The third-order valence-electron chi connectivity index (χ3n) is 4.03. The Labute approximate surface area is 138 Å². The zero-order valence-corrected chi connectivity index (χ0v) is 14.1.